The lowest BCUT2D eigenvalue weighted by atomic mass is 9.93. The number of likely N-dealkylation sites (tertiary alicyclic amines) is 1. The number of halogens is 5. The van der Waals surface area contributed by atoms with E-state index in [1.807, 2.05) is 30.3 Å². The molecule has 9 heteroatoms. The Morgan fingerprint density at radius 3 is 1.76 bits per heavy atom. The first kappa shape index (κ1) is 29.2. The van der Waals surface area contributed by atoms with Crippen LogP contribution in [0.3, 0.4) is 0 Å². The monoisotopic (exact) mass is 594 g/mol. The third kappa shape index (κ3) is 7.38. The van der Waals surface area contributed by atoms with E-state index >= 15 is 0 Å². The largest absolute Gasteiger partial charge is 0.332 e. The van der Waals surface area contributed by atoms with Gasteiger partial charge in [-0.2, -0.15) is 0 Å². The molecule has 1 aliphatic rings. The maximum atomic E-state index is 13.4. The Morgan fingerprint density at radius 2 is 1.30 bits per heavy atom. The van der Waals surface area contributed by atoms with Crippen LogP contribution in [0.2, 0.25) is 20.1 Å². The Morgan fingerprint density at radius 1 is 0.811 bits per heavy atom. The van der Waals surface area contributed by atoms with Gasteiger partial charge in [0.05, 0.1) is 26.1 Å². The highest BCUT2D eigenvalue weighted by molar-refractivity contribution is 6.42. The van der Waals surface area contributed by atoms with Gasteiger partial charge >= 0.3 is 0 Å². The van der Waals surface area contributed by atoms with Crippen LogP contribution in [0.4, 0.5) is 0 Å². The van der Waals surface area contributed by atoms with Gasteiger partial charge in [-0.05, 0) is 59.5 Å². The quantitative estimate of drug-likeness (QED) is 0.318. The smallest absolute Gasteiger partial charge is 0.240 e. The third-order valence-electron chi connectivity index (χ3n) is 5.80. The summed E-state index contributed by atoms with van der Waals surface area (Å²) in [5.74, 6) is -0.417. The minimum Gasteiger partial charge on any atom is -0.332 e. The van der Waals surface area contributed by atoms with E-state index in [9.17, 15) is 9.59 Å². The van der Waals surface area contributed by atoms with Gasteiger partial charge in [0.1, 0.15) is 0 Å². The number of amides is 1. The van der Waals surface area contributed by atoms with Gasteiger partial charge in [-0.3, -0.25) is 9.59 Å². The van der Waals surface area contributed by atoms with Gasteiger partial charge < -0.3 is 10.6 Å². The molecule has 1 atom stereocenters. The molecular weight excluding hydrogens is 574 g/mol. The molecule has 1 amide bonds. The molecule has 0 aromatic heterocycles. The molecular formula is C28H23Cl5N2O2. The van der Waals surface area contributed by atoms with Crippen LogP contribution in [0.5, 0.6) is 0 Å². The molecule has 4 nitrogen and oxygen atoms in total. The Bertz CT molecular complexity index is 1300. The highest BCUT2D eigenvalue weighted by Gasteiger charge is 2.31. The minimum atomic E-state index is -0.752. The number of ketones is 1. The summed E-state index contributed by atoms with van der Waals surface area (Å²) < 4.78 is 0. The second-order valence-corrected chi connectivity index (χ2v) is 10.1. The van der Waals surface area contributed by atoms with Crippen molar-refractivity contribution in [3.8, 4) is 0 Å². The van der Waals surface area contributed by atoms with E-state index in [0.29, 0.717) is 48.8 Å². The molecule has 3 aromatic rings. The highest BCUT2D eigenvalue weighted by atomic mass is 35.5. The molecule has 37 heavy (non-hydrogen) atoms. The van der Waals surface area contributed by atoms with Gasteiger partial charge in [-0.1, -0.05) is 88.9 Å². The lowest BCUT2D eigenvalue weighted by Crippen LogP contribution is -2.49. The number of nitrogens with two attached hydrogens (primary N) is 1. The van der Waals surface area contributed by atoms with E-state index in [-0.39, 0.29) is 37.2 Å². The van der Waals surface area contributed by atoms with Crippen molar-refractivity contribution in [1.82, 2.24) is 4.90 Å². The summed E-state index contributed by atoms with van der Waals surface area (Å²) in [4.78, 5) is 28.4. The van der Waals surface area contributed by atoms with Gasteiger partial charge in [0, 0.05) is 24.2 Å². The van der Waals surface area contributed by atoms with Crippen LogP contribution in [-0.2, 0) is 16.0 Å². The lowest BCUT2D eigenvalue weighted by molar-refractivity contribution is -0.132. The molecule has 0 radical (unpaired) electrons. The molecule has 1 aliphatic heterocycles. The van der Waals surface area contributed by atoms with Crippen LogP contribution in [-0.4, -0.2) is 35.7 Å². The van der Waals surface area contributed by atoms with Gasteiger partial charge in [-0.25, -0.2) is 0 Å². The van der Waals surface area contributed by atoms with Gasteiger partial charge in [0.2, 0.25) is 5.91 Å². The maximum absolute atomic E-state index is 13.4. The van der Waals surface area contributed by atoms with E-state index < -0.39 is 6.04 Å². The fourth-order valence-electron chi connectivity index (χ4n) is 3.99. The third-order valence-corrected chi connectivity index (χ3v) is 7.28. The Hall–Kier alpha value is -2.31. The molecule has 192 valence electrons. The van der Waals surface area contributed by atoms with Gasteiger partial charge in [-0.15, -0.1) is 12.4 Å². The summed E-state index contributed by atoms with van der Waals surface area (Å²) in [5.41, 5.74) is 9.54. The zero-order valence-electron chi connectivity index (χ0n) is 19.5. The number of Topliss-reactive ketones (excluding diaryl/α,β-unsaturated/α-hetero) is 1. The van der Waals surface area contributed by atoms with Crippen LogP contribution < -0.4 is 5.73 Å². The first-order chi connectivity index (χ1) is 17.2. The maximum Gasteiger partial charge on any atom is 0.240 e. The van der Waals surface area contributed by atoms with E-state index in [1.54, 1.807) is 53.5 Å². The summed E-state index contributed by atoms with van der Waals surface area (Å²) in [6.07, 6.45) is 3.83. The minimum absolute atomic E-state index is 0. The summed E-state index contributed by atoms with van der Waals surface area (Å²) in [5, 5.41) is 1.58. The summed E-state index contributed by atoms with van der Waals surface area (Å²) in [6.45, 7) is 0.248. The molecule has 0 saturated carbocycles. The van der Waals surface area contributed by atoms with Crippen molar-refractivity contribution in [2.75, 3.05) is 13.1 Å². The van der Waals surface area contributed by atoms with Crippen molar-refractivity contribution in [3.63, 3.8) is 0 Å². The van der Waals surface area contributed by atoms with Crippen LogP contribution in [0.15, 0.2) is 77.9 Å². The molecule has 1 heterocycles. The second kappa shape index (κ2) is 13.0. The Balaban J connectivity index is 0.00000380. The molecule has 0 unspecified atom stereocenters. The standard InChI is InChI=1S/C28H22Cl4N2O2.ClH/c29-22-8-6-18(12-24(22)31)10-20-15-34(28(36)26(33)14-17-4-2-1-3-5-17)16-21(27(20)35)11-19-7-9-23(30)25(32)13-19;/h1-13,26H,14-16,33H2;1H/b20-10-,21-11?;/t26-;/m0./s1. The van der Waals surface area contributed by atoms with Crippen molar-refractivity contribution in [2.24, 2.45) is 5.73 Å². The van der Waals surface area contributed by atoms with Crippen LogP contribution in [0.1, 0.15) is 16.7 Å². The SMILES string of the molecule is Cl.N[C@@H](Cc1ccccc1)C(=O)N1CC(=Cc2ccc(Cl)c(Cl)c2)C(=O)/C(=C\c2ccc(Cl)c(Cl)c2)C1. The Kier molecular flexibility index (Phi) is 10.3. The summed E-state index contributed by atoms with van der Waals surface area (Å²) in [7, 11) is 0. The van der Waals surface area contributed by atoms with E-state index in [1.165, 1.54) is 0 Å². The number of rotatable bonds is 5. The van der Waals surface area contributed by atoms with Crippen molar-refractivity contribution in [1.29, 1.82) is 0 Å². The van der Waals surface area contributed by atoms with E-state index in [0.717, 1.165) is 5.56 Å². The van der Waals surface area contributed by atoms with Crippen LogP contribution in [0, 0.1) is 0 Å². The van der Waals surface area contributed by atoms with Crippen molar-refractivity contribution in [2.45, 2.75) is 12.5 Å². The molecule has 0 aliphatic carbocycles. The first-order valence-electron chi connectivity index (χ1n) is 11.2. The van der Waals surface area contributed by atoms with E-state index in [4.69, 9.17) is 52.1 Å². The van der Waals surface area contributed by atoms with E-state index in [2.05, 4.69) is 0 Å². The highest BCUT2D eigenvalue weighted by Crippen LogP contribution is 2.28. The van der Waals surface area contributed by atoms with Crippen molar-refractivity contribution >= 4 is 82.7 Å². The zero-order valence-corrected chi connectivity index (χ0v) is 23.3. The van der Waals surface area contributed by atoms with Crippen molar-refractivity contribution in [3.05, 3.63) is 115 Å². The molecule has 0 bridgehead atoms. The van der Waals surface area contributed by atoms with Gasteiger partial charge in [0.25, 0.3) is 0 Å². The number of piperidine rings is 1. The molecule has 3 aromatic carbocycles. The van der Waals surface area contributed by atoms with Crippen LogP contribution in [0.25, 0.3) is 12.2 Å². The predicted molar refractivity (Wildman–Crippen MR) is 156 cm³/mol. The molecule has 1 saturated heterocycles. The topological polar surface area (TPSA) is 63.4 Å². The lowest BCUT2D eigenvalue weighted by Gasteiger charge is -2.32. The molecule has 2 N–H and O–H groups in total. The fourth-order valence-corrected chi connectivity index (χ4v) is 4.60. The summed E-state index contributed by atoms with van der Waals surface area (Å²) in [6, 6.07) is 19.0. The fraction of sp³-hybridized carbons (Fsp3) is 0.143. The molecule has 4 rings (SSSR count). The van der Waals surface area contributed by atoms with Gasteiger partial charge in [0.15, 0.2) is 5.78 Å². The predicted octanol–water partition coefficient (Wildman–Crippen LogP) is 7.17. The summed E-state index contributed by atoms with van der Waals surface area (Å²) >= 11 is 24.4. The number of carbonyl (C=O) groups excluding carboxylic acids is 2. The first-order valence-corrected chi connectivity index (χ1v) is 12.7. The van der Waals surface area contributed by atoms with Crippen molar-refractivity contribution < 1.29 is 9.59 Å². The number of carbonyl (C=O) groups is 2. The average molecular weight is 597 g/mol. The second-order valence-electron chi connectivity index (χ2n) is 8.51. The average Bonchev–Trinajstić information content (AvgIpc) is 2.86. The number of hydrogen-bond donors (Lipinski definition) is 1. The Labute approximate surface area is 242 Å². The molecule has 0 spiro atoms. The zero-order chi connectivity index (χ0) is 25.8. The number of hydrogen-bond acceptors (Lipinski definition) is 3. The number of benzene rings is 3. The number of nitrogens with zero attached hydrogens (tertiary/aromatic N) is 1. The van der Waals surface area contributed by atoms with Crippen LogP contribution >= 0.6 is 58.8 Å². The molecule has 1 fully saturated rings. The normalized spacial score (nSPS) is 16.6.